The van der Waals surface area contributed by atoms with Crippen LogP contribution in [-0.2, 0) is 11.2 Å². The molecule has 0 saturated heterocycles. The van der Waals surface area contributed by atoms with Gasteiger partial charge < -0.3 is 14.2 Å². The van der Waals surface area contributed by atoms with Gasteiger partial charge in [-0.2, -0.15) is 0 Å². The average Bonchev–Trinajstić information content (AvgIpc) is 2.54. The molecule has 2 rings (SSSR count). The molecular formula is C18H20O4. The summed E-state index contributed by atoms with van der Waals surface area (Å²) in [5.74, 6) is 1.17. The molecule has 0 unspecified atom stereocenters. The number of ether oxygens (including phenoxy) is 3. The highest BCUT2D eigenvalue weighted by atomic mass is 16.6. The van der Waals surface area contributed by atoms with Gasteiger partial charge in [0.2, 0.25) is 0 Å². The molecule has 0 aliphatic heterocycles. The fourth-order valence-corrected chi connectivity index (χ4v) is 2.08. The van der Waals surface area contributed by atoms with Crippen LogP contribution in [0.25, 0.3) is 0 Å². The predicted molar refractivity (Wildman–Crippen MR) is 84.7 cm³/mol. The highest BCUT2D eigenvalue weighted by Crippen LogP contribution is 2.28. The second kappa shape index (κ2) is 7.50. The van der Waals surface area contributed by atoms with Gasteiger partial charge in [0.15, 0.2) is 18.1 Å². The number of methoxy groups -OCH3 is 1. The maximum atomic E-state index is 11.9. The fourth-order valence-electron chi connectivity index (χ4n) is 2.08. The van der Waals surface area contributed by atoms with Crippen LogP contribution in [0.5, 0.6) is 17.2 Å². The van der Waals surface area contributed by atoms with Gasteiger partial charge in [0, 0.05) is 0 Å². The van der Waals surface area contributed by atoms with E-state index < -0.39 is 5.97 Å². The van der Waals surface area contributed by atoms with Crippen molar-refractivity contribution in [2.24, 2.45) is 0 Å². The van der Waals surface area contributed by atoms with Crippen LogP contribution < -0.4 is 14.2 Å². The van der Waals surface area contributed by atoms with E-state index in [0.717, 1.165) is 17.5 Å². The molecule has 0 radical (unpaired) electrons. The average molecular weight is 300 g/mol. The van der Waals surface area contributed by atoms with E-state index in [2.05, 4.69) is 0 Å². The number of rotatable bonds is 6. The largest absolute Gasteiger partial charge is 0.493 e. The standard InChI is InChI=1S/C18H20O4/c1-4-14-7-5-6-8-15(14)21-12-18(19)22-16-10-9-13(2)11-17(16)20-3/h5-11H,4,12H2,1-3H3. The molecule has 0 spiro atoms. The minimum Gasteiger partial charge on any atom is -0.493 e. The molecule has 0 aromatic heterocycles. The summed E-state index contributed by atoms with van der Waals surface area (Å²) >= 11 is 0. The monoisotopic (exact) mass is 300 g/mol. The summed E-state index contributed by atoms with van der Waals surface area (Å²) in [4.78, 5) is 11.9. The highest BCUT2D eigenvalue weighted by Gasteiger charge is 2.11. The maximum absolute atomic E-state index is 11.9. The van der Waals surface area contributed by atoms with E-state index in [1.54, 1.807) is 13.2 Å². The zero-order valence-electron chi connectivity index (χ0n) is 13.1. The first-order valence-corrected chi connectivity index (χ1v) is 7.20. The van der Waals surface area contributed by atoms with E-state index in [-0.39, 0.29) is 6.61 Å². The van der Waals surface area contributed by atoms with Crippen molar-refractivity contribution in [2.75, 3.05) is 13.7 Å². The van der Waals surface area contributed by atoms with Crippen molar-refractivity contribution in [1.29, 1.82) is 0 Å². The quantitative estimate of drug-likeness (QED) is 0.604. The van der Waals surface area contributed by atoms with E-state index >= 15 is 0 Å². The third-order valence-electron chi connectivity index (χ3n) is 3.24. The van der Waals surface area contributed by atoms with Crippen LogP contribution >= 0.6 is 0 Å². The predicted octanol–water partition coefficient (Wildman–Crippen LogP) is 3.55. The number of hydrogen-bond acceptors (Lipinski definition) is 4. The molecule has 0 N–H and O–H groups in total. The molecule has 2 aromatic carbocycles. The van der Waals surface area contributed by atoms with Gasteiger partial charge in [0.05, 0.1) is 7.11 Å². The molecule has 22 heavy (non-hydrogen) atoms. The molecule has 0 aliphatic rings. The number of para-hydroxylation sites is 1. The summed E-state index contributed by atoms with van der Waals surface area (Å²) in [6, 6.07) is 13.0. The topological polar surface area (TPSA) is 44.8 Å². The summed E-state index contributed by atoms with van der Waals surface area (Å²) in [6.45, 7) is 3.84. The van der Waals surface area contributed by atoms with Crippen LogP contribution in [0.2, 0.25) is 0 Å². The summed E-state index contributed by atoms with van der Waals surface area (Å²) in [5.41, 5.74) is 2.09. The van der Waals surface area contributed by atoms with Gasteiger partial charge in [-0.25, -0.2) is 4.79 Å². The van der Waals surface area contributed by atoms with Crippen molar-refractivity contribution in [3.8, 4) is 17.2 Å². The van der Waals surface area contributed by atoms with Gasteiger partial charge in [0.1, 0.15) is 5.75 Å². The Bertz CT molecular complexity index is 649. The molecule has 4 heteroatoms. The minimum absolute atomic E-state index is 0.145. The number of esters is 1. The second-order valence-electron chi connectivity index (χ2n) is 4.88. The Hall–Kier alpha value is -2.49. The fraction of sp³-hybridized carbons (Fsp3) is 0.278. The van der Waals surface area contributed by atoms with Crippen LogP contribution in [0.15, 0.2) is 42.5 Å². The molecule has 4 nitrogen and oxygen atoms in total. The number of benzene rings is 2. The Labute approximate surface area is 130 Å². The highest BCUT2D eigenvalue weighted by molar-refractivity contribution is 5.75. The Morgan fingerprint density at radius 3 is 2.55 bits per heavy atom. The lowest BCUT2D eigenvalue weighted by molar-refractivity contribution is -0.136. The second-order valence-corrected chi connectivity index (χ2v) is 4.88. The van der Waals surface area contributed by atoms with E-state index in [1.165, 1.54) is 0 Å². The lowest BCUT2D eigenvalue weighted by Gasteiger charge is -2.12. The van der Waals surface area contributed by atoms with E-state index in [4.69, 9.17) is 14.2 Å². The van der Waals surface area contributed by atoms with Crippen molar-refractivity contribution in [2.45, 2.75) is 20.3 Å². The van der Waals surface area contributed by atoms with Gasteiger partial charge in [0.25, 0.3) is 0 Å². The zero-order valence-corrected chi connectivity index (χ0v) is 13.1. The molecule has 0 fully saturated rings. The number of carbonyl (C=O) groups excluding carboxylic acids is 1. The molecule has 116 valence electrons. The zero-order chi connectivity index (χ0) is 15.9. The van der Waals surface area contributed by atoms with E-state index in [0.29, 0.717) is 17.2 Å². The van der Waals surface area contributed by atoms with E-state index in [9.17, 15) is 4.79 Å². The molecular weight excluding hydrogens is 280 g/mol. The molecule has 0 heterocycles. The summed E-state index contributed by atoms with van der Waals surface area (Å²) in [7, 11) is 1.54. The van der Waals surface area contributed by atoms with Crippen molar-refractivity contribution in [1.82, 2.24) is 0 Å². The number of carbonyl (C=O) groups is 1. The molecule has 0 aliphatic carbocycles. The summed E-state index contributed by atoms with van der Waals surface area (Å²) in [6.07, 6.45) is 0.844. The van der Waals surface area contributed by atoms with Crippen molar-refractivity contribution in [3.05, 3.63) is 53.6 Å². The lowest BCUT2D eigenvalue weighted by Crippen LogP contribution is -2.18. The summed E-state index contributed by atoms with van der Waals surface area (Å²) in [5, 5.41) is 0. The van der Waals surface area contributed by atoms with Crippen LogP contribution in [0.3, 0.4) is 0 Å². The van der Waals surface area contributed by atoms with E-state index in [1.807, 2.05) is 50.2 Å². The summed E-state index contributed by atoms with van der Waals surface area (Å²) < 4.78 is 16.0. The minimum atomic E-state index is -0.465. The third-order valence-corrected chi connectivity index (χ3v) is 3.24. The molecule has 0 amide bonds. The Balaban J connectivity index is 1.99. The Morgan fingerprint density at radius 2 is 1.82 bits per heavy atom. The van der Waals surface area contributed by atoms with Gasteiger partial charge in [-0.05, 0) is 42.7 Å². The normalized spacial score (nSPS) is 10.1. The Kier molecular flexibility index (Phi) is 5.42. The van der Waals surface area contributed by atoms with Gasteiger partial charge in [-0.3, -0.25) is 0 Å². The molecule has 0 bridgehead atoms. The molecule has 2 aromatic rings. The van der Waals surface area contributed by atoms with Crippen LogP contribution in [0, 0.1) is 6.92 Å². The smallest absolute Gasteiger partial charge is 0.349 e. The first-order chi connectivity index (χ1) is 10.6. The third kappa shape index (κ3) is 4.01. The SMILES string of the molecule is CCc1ccccc1OCC(=O)Oc1ccc(C)cc1OC. The van der Waals surface area contributed by atoms with Crippen LogP contribution in [0.4, 0.5) is 0 Å². The first kappa shape index (κ1) is 15.9. The lowest BCUT2D eigenvalue weighted by atomic mass is 10.1. The Morgan fingerprint density at radius 1 is 1.05 bits per heavy atom. The number of aryl methyl sites for hydroxylation is 2. The first-order valence-electron chi connectivity index (χ1n) is 7.20. The number of hydrogen-bond donors (Lipinski definition) is 0. The molecule has 0 atom stereocenters. The molecule has 0 saturated carbocycles. The van der Waals surface area contributed by atoms with Crippen LogP contribution in [-0.4, -0.2) is 19.7 Å². The van der Waals surface area contributed by atoms with Crippen molar-refractivity contribution in [3.63, 3.8) is 0 Å². The van der Waals surface area contributed by atoms with Gasteiger partial charge >= 0.3 is 5.97 Å². The van der Waals surface area contributed by atoms with Crippen molar-refractivity contribution >= 4 is 5.97 Å². The van der Waals surface area contributed by atoms with Crippen LogP contribution in [0.1, 0.15) is 18.1 Å². The van der Waals surface area contributed by atoms with Crippen molar-refractivity contribution < 1.29 is 19.0 Å². The van der Waals surface area contributed by atoms with Gasteiger partial charge in [-0.15, -0.1) is 0 Å². The van der Waals surface area contributed by atoms with Gasteiger partial charge in [-0.1, -0.05) is 31.2 Å². The maximum Gasteiger partial charge on any atom is 0.349 e.